The summed E-state index contributed by atoms with van der Waals surface area (Å²) in [4.78, 5) is 2.49. The molecule has 2 aliphatic carbocycles. The summed E-state index contributed by atoms with van der Waals surface area (Å²) >= 11 is 0. The van der Waals surface area contributed by atoms with Crippen molar-refractivity contribution in [3.63, 3.8) is 0 Å². The third-order valence-electron chi connectivity index (χ3n) is 6.91. The number of methoxy groups -OCH3 is 1. The van der Waals surface area contributed by atoms with Crippen LogP contribution in [-0.4, -0.2) is 48.6 Å². The minimum absolute atomic E-state index is 0.156. The highest BCUT2D eigenvalue weighted by atomic mass is 16.5. The molecule has 1 spiro atoms. The van der Waals surface area contributed by atoms with E-state index in [-0.39, 0.29) is 11.5 Å². The predicted molar refractivity (Wildman–Crippen MR) is 85.7 cm³/mol. The predicted octanol–water partition coefficient (Wildman–Crippen LogP) is 1.01. The Bertz CT molecular complexity index is 689. The normalized spacial score (nSPS) is 43.7. The van der Waals surface area contributed by atoms with Crippen LogP contribution in [0.15, 0.2) is 12.1 Å². The Morgan fingerprint density at radius 1 is 1.39 bits per heavy atom. The summed E-state index contributed by atoms with van der Waals surface area (Å²) in [6.45, 7) is 1.02. The maximum absolute atomic E-state index is 10.9. The number of aliphatic hydroxyl groups is 1. The maximum atomic E-state index is 10.9. The molecular formula is C18H24N2O3. The van der Waals surface area contributed by atoms with Gasteiger partial charge in [0.1, 0.15) is 0 Å². The fourth-order valence-corrected chi connectivity index (χ4v) is 5.95. The summed E-state index contributed by atoms with van der Waals surface area (Å²) in [6.07, 6.45) is 3.23. The molecule has 0 amide bonds. The van der Waals surface area contributed by atoms with Crippen LogP contribution in [0.1, 0.15) is 30.4 Å². The van der Waals surface area contributed by atoms with Crippen molar-refractivity contribution in [1.82, 2.24) is 4.90 Å². The standard InChI is InChI=1S/C18H24N2O3/c1-20-8-7-17-11-5-6-18(19,21)16(17)23-15-13(22-2)4-3-10(14(15)17)9-12(11)20/h3-4,11-12,16,21H,5-9,19H2,1-2H3/t11-,12+,16+,17-,18-/m0/s1. The van der Waals surface area contributed by atoms with E-state index in [4.69, 9.17) is 15.2 Å². The number of piperidine rings is 1. The van der Waals surface area contributed by atoms with Gasteiger partial charge in [-0.3, -0.25) is 0 Å². The number of likely N-dealkylation sites (tertiary alicyclic amines) is 1. The van der Waals surface area contributed by atoms with Gasteiger partial charge in [-0.1, -0.05) is 6.07 Å². The summed E-state index contributed by atoms with van der Waals surface area (Å²) in [5, 5.41) is 10.9. The van der Waals surface area contributed by atoms with E-state index in [9.17, 15) is 5.11 Å². The Labute approximate surface area is 136 Å². The highest BCUT2D eigenvalue weighted by Gasteiger charge is 2.68. The van der Waals surface area contributed by atoms with E-state index < -0.39 is 5.72 Å². The first-order chi connectivity index (χ1) is 11.0. The topological polar surface area (TPSA) is 68.0 Å². The molecule has 5 rings (SSSR count). The lowest BCUT2D eigenvalue weighted by Crippen LogP contribution is -2.72. The molecule has 124 valence electrons. The largest absolute Gasteiger partial charge is 0.493 e. The molecule has 2 heterocycles. The second-order valence-electron chi connectivity index (χ2n) is 7.81. The number of likely N-dealkylation sites (N-methyl/N-ethyl adjacent to an activating group) is 1. The molecule has 2 fully saturated rings. The summed E-state index contributed by atoms with van der Waals surface area (Å²) in [7, 11) is 3.90. The number of hydrogen-bond donors (Lipinski definition) is 2. The lowest BCUT2D eigenvalue weighted by atomic mass is 9.50. The third kappa shape index (κ3) is 1.49. The van der Waals surface area contributed by atoms with Crippen LogP contribution in [0.5, 0.6) is 11.5 Å². The molecule has 0 aromatic heterocycles. The summed E-state index contributed by atoms with van der Waals surface area (Å²) in [5.74, 6) is 2.09. The summed E-state index contributed by atoms with van der Waals surface area (Å²) in [5.41, 5.74) is 7.51. The van der Waals surface area contributed by atoms with E-state index in [0.29, 0.717) is 18.4 Å². The van der Waals surface area contributed by atoms with E-state index in [1.807, 2.05) is 6.07 Å². The Balaban J connectivity index is 1.81. The van der Waals surface area contributed by atoms with Gasteiger partial charge in [-0.05, 0) is 56.8 Å². The van der Waals surface area contributed by atoms with E-state index in [2.05, 4.69) is 18.0 Å². The highest BCUT2D eigenvalue weighted by molar-refractivity contribution is 5.61. The minimum Gasteiger partial charge on any atom is -0.493 e. The molecule has 5 nitrogen and oxygen atoms in total. The van der Waals surface area contributed by atoms with Crippen LogP contribution < -0.4 is 15.2 Å². The van der Waals surface area contributed by atoms with Gasteiger partial charge < -0.3 is 25.2 Å². The van der Waals surface area contributed by atoms with Crippen molar-refractivity contribution in [2.24, 2.45) is 11.7 Å². The van der Waals surface area contributed by atoms with Crippen molar-refractivity contribution >= 4 is 0 Å². The number of hydrogen-bond acceptors (Lipinski definition) is 5. The van der Waals surface area contributed by atoms with Gasteiger partial charge in [0, 0.05) is 17.0 Å². The first-order valence-corrected chi connectivity index (χ1v) is 8.57. The van der Waals surface area contributed by atoms with Gasteiger partial charge in [0.2, 0.25) is 0 Å². The van der Waals surface area contributed by atoms with Gasteiger partial charge in [0.05, 0.1) is 7.11 Å². The molecule has 1 saturated carbocycles. The van der Waals surface area contributed by atoms with Crippen LogP contribution in [0, 0.1) is 5.92 Å². The van der Waals surface area contributed by atoms with E-state index in [1.54, 1.807) is 7.11 Å². The Morgan fingerprint density at radius 3 is 3.00 bits per heavy atom. The Kier molecular flexibility index (Phi) is 2.57. The lowest BCUT2D eigenvalue weighted by molar-refractivity contribution is -0.154. The zero-order chi connectivity index (χ0) is 16.0. The monoisotopic (exact) mass is 316 g/mol. The van der Waals surface area contributed by atoms with E-state index in [1.165, 1.54) is 11.1 Å². The number of benzene rings is 1. The number of nitrogens with zero attached hydrogens (tertiary/aromatic N) is 1. The molecule has 2 aliphatic heterocycles. The quantitative estimate of drug-likeness (QED) is 0.757. The Hall–Kier alpha value is -1.30. The summed E-state index contributed by atoms with van der Waals surface area (Å²) < 4.78 is 11.9. The first-order valence-electron chi connectivity index (χ1n) is 8.57. The molecule has 0 radical (unpaired) electrons. The molecule has 4 aliphatic rings. The zero-order valence-corrected chi connectivity index (χ0v) is 13.7. The average Bonchev–Trinajstić information content (AvgIpc) is 2.88. The zero-order valence-electron chi connectivity index (χ0n) is 13.7. The van der Waals surface area contributed by atoms with Crippen LogP contribution in [0.25, 0.3) is 0 Å². The second-order valence-corrected chi connectivity index (χ2v) is 7.81. The van der Waals surface area contributed by atoms with E-state index in [0.717, 1.165) is 37.3 Å². The fraction of sp³-hybridized carbons (Fsp3) is 0.667. The molecule has 2 bridgehead atoms. The number of rotatable bonds is 1. The van der Waals surface area contributed by atoms with Crippen LogP contribution in [0.4, 0.5) is 0 Å². The molecule has 23 heavy (non-hydrogen) atoms. The van der Waals surface area contributed by atoms with Gasteiger partial charge in [0.15, 0.2) is 23.3 Å². The van der Waals surface area contributed by atoms with Gasteiger partial charge >= 0.3 is 0 Å². The molecule has 0 unspecified atom stereocenters. The van der Waals surface area contributed by atoms with Crippen LogP contribution in [-0.2, 0) is 11.8 Å². The SMILES string of the molecule is COc1ccc2c3c1O[C@@H]1[C@]34CCN(C)[C@H](C2)[C@@H]4CC[C@]1(N)O. The Morgan fingerprint density at radius 2 is 2.22 bits per heavy atom. The molecular weight excluding hydrogens is 292 g/mol. The van der Waals surface area contributed by atoms with Crippen LogP contribution in [0.3, 0.4) is 0 Å². The van der Waals surface area contributed by atoms with Crippen molar-refractivity contribution in [3.05, 3.63) is 23.3 Å². The minimum atomic E-state index is -1.27. The molecule has 5 heteroatoms. The van der Waals surface area contributed by atoms with Gasteiger partial charge in [-0.25, -0.2) is 0 Å². The number of nitrogens with two attached hydrogens (primary N) is 1. The van der Waals surface area contributed by atoms with Crippen molar-refractivity contribution in [2.75, 3.05) is 20.7 Å². The molecule has 1 aromatic rings. The second kappa shape index (κ2) is 4.21. The van der Waals surface area contributed by atoms with Gasteiger partial charge in [0.25, 0.3) is 0 Å². The first kappa shape index (κ1) is 14.1. The van der Waals surface area contributed by atoms with Crippen molar-refractivity contribution < 1.29 is 14.6 Å². The third-order valence-corrected chi connectivity index (χ3v) is 6.91. The molecule has 3 N–H and O–H groups in total. The van der Waals surface area contributed by atoms with Crippen LogP contribution >= 0.6 is 0 Å². The lowest BCUT2D eigenvalue weighted by Gasteiger charge is -2.60. The van der Waals surface area contributed by atoms with Crippen molar-refractivity contribution in [3.8, 4) is 11.5 Å². The van der Waals surface area contributed by atoms with Gasteiger partial charge in [-0.2, -0.15) is 0 Å². The van der Waals surface area contributed by atoms with Gasteiger partial charge in [-0.15, -0.1) is 0 Å². The van der Waals surface area contributed by atoms with E-state index >= 15 is 0 Å². The summed E-state index contributed by atoms with van der Waals surface area (Å²) in [6, 6.07) is 4.68. The van der Waals surface area contributed by atoms with Crippen molar-refractivity contribution in [1.29, 1.82) is 0 Å². The molecule has 1 aromatic carbocycles. The smallest absolute Gasteiger partial charge is 0.166 e. The molecule has 1 saturated heterocycles. The van der Waals surface area contributed by atoms with Crippen LogP contribution in [0.2, 0.25) is 0 Å². The maximum Gasteiger partial charge on any atom is 0.166 e. The molecule has 5 atom stereocenters. The fourth-order valence-electron chi connectivity index (χ4n) is 5.95. The van der Waals surface area contributed by atoms with Crippen molar-refractivity contribution in [2.45, 2.75) is 49.0 Å². The average molecular weight is 316 g/mol. The number of ether oxygens (including phenoxy) is 2. The highest BCUT2D eigenvalue weighted by Crippen LogP contribution is 2.64.